The molecule has 0 bridgehead atoms. The molecule has 1 atom stereocenters. The Morgan fingerprint density at radius 2 is 2.18 bits per heavy atom. The van der Waals surface area contributed by atoms with Crippen LogP contribution in [0.15, 0.2) is 29.3 Å². The Labute approximate surface area is 110 Å². The molecule has 1 aliphatic heterocycles. The molecular formula is C12H12ClN3S. The number of hydrogen-bond donors (Lipinski definition) is 0. The summed E-state index contributed by atoms with van der Waals surface area (Å²) in [6.07, 6.45) is 1.86. The van der Waals surface area contributed by atoms with Crippen molar-refractivity contribution in [3.63, 3.8) is 0 Å². The summed E-state index contributed by atoms with van der Waals surface area (Å²) in [6, 6.07) is 8.02. The Morgan fingerprint density at radius 3 is 2.82 bits per heavy atom. The van der Waals surface area contributed by atoms with Crippen molar-refractivity contribution in [3.8, 4) is 6.19 Å². The van der Waals surface area contributed by atoms with E-state index in [1.54, 1.807) is 11.8 Å². The third-order valence-corrected chi connectivity index (χ3v) is 4.00. The van der Waals surface area contributed by atoms with Gasteiger partial charge in [-0.2, -0.15) is 5.26 Å². The highest BCUT2D eigenvalue weighted by atomic mass is 35.5. The van der Waals surface area contributed by atoms with Crippen LogP contribution in [0.5, 0.6) is 0 Å². The van der Waals surface area contributed by atoms with Crippen LogP contribution in [0.3, 0.4) is 0 Å². The normalized spacial score (nSPS) is 19.4. The van der Waals surface area contributed by atoms with Gasteiger partial charge in [0.2, 0.25) is 6.19 Å². The molecule has 1 saturated heterocycles. The molecule has 1 aromatic carbocycles. The molecule has 0 N–H and O–H groups in total. The maximum absolute atomic E-state index is 8.64. The fraction of sp³-hybridized carbons (Fsp3) is 0.333. The number of benzene rings is 1. The first-order valence-electron chi connectivity index (χ1n) is 5.34. The average molecular weight is 266 g/mol. The van der Waals surface area contributed by atoms with E-state index in [0.29, 0.717) is 0 Å². The van der Waals surface area contributed by atoms with Crippen molar-refractivity contribution >= 4 is 28.5 Å². The fourth-order valence-electron chi connectivity index (χ4n) is 1.83. The molecule has 17 heavy (non-hydrogen) atoms. The van der Waals surface area contributed by atoms with E-state index in [0.717, 1.165) is 22.5 Å². The molecule has 2 rings (SSSR count). The van der Waals surface area contributed by atoms with Crippen LogP contribution in [0.4, 0.5) is 0 Å². The monoisotopic (exact) mass is 265 g/mol. The van der Waals surface area contributed by atoms with Gasteiger partial charge in [-0.3, -0.25) is 0 Å². The second-order valence-electron chi connectivity index (χ2n) is 3.76. The molecule has 1 fully saturated rings. The minimum Gasteiger partial charge on any atom is -0.343 e. The van der Waals surface area contributed by atoms with Gasteiger partial charge < -0.3 is 4.90 Å². The van der Waals surface area contributed by atoms with Crippen molar-refractivity contribution in [1.29, 1.82) is 5.26 Å². The number of nitrogens with zero attached hydrogens (tertiary/aromatic N) is 3. The van der Waals surface area contributed by atoms with Gasteiger partial charge in [0.1, 0.15) is 0 Å². The van der Waals surface area contributed by atoms with Crippen molar-refractivity contribution in [2.75, 3.05) is 12.3 Å². The summed E-state index contributed by atoms with van der Waals surface area (Å²) in [7, 11) is 0. The summed E-state index contributed by atoms with van der Waals surface area (Å²) in [4.78, 5) is 6.00. The predicted molar refractivity (Wildman–Crippen MR) is 72.1 cm³/mol. The molecule has 1 aromatic rings. The van der Waals surface area contributed by atoms with E-state index in [1.807, 2.05) is 30.5 Å². The van der Waals surface area contributed by atoms with Crippen molar-refractivity contribution in [3.05, 3.63) is 34.9 Å². The molecule has 0 spiro atoms. The number of hydrogen-bond acceptors (Lipinski definition) is 3. The van der Waals surface area contributed by atoms with Gasteiger partial charge in [-0.15, -0.1) is 4.99 Å². The third kappa shape index (κ3) is 2.74. The molecule has 0 aliphatic carbocycles. The maximum Gasteiger partial charge on any atom is 0.208 e. The smallest absolute Gasteiger partial charge is 0.208 e. The number of rotatable bonds is 2. The van der Waals surface area contributed by atoms with Crippen molar-refractivity contribution < 1.29 is 0 Å². The summed E-state index contributed by atoms with van der Waals surface area (Å²) in [5, 5.41) is 10.2. The summed E-state index contributed by atoms with van der Waals surface area (Å²) in [5.74, 6) is 0.985. The van der Waals surface area contributed by atoms with Gasteiger partial charge in [-0.25, -0.2) is 0 Å². The van der Waals surface area contributed by atoms with Crippen LogP contribution in [0.2, 0.25) is 5.02 Å². The molecule has 1 aliphatic rings. The lowest BCUT2D eigenvalue weighted by molar-refractivity contribution is 0.370. The van der Waals surface area contributed by atoms with E-state index in [9.17, 15) is 0 Å². The van der Waals surface area contributed by atoms with E-state index in [-0.39, 0.29) is 6.04 Å². The predicted octanol–water partition coefficient (Wildman–Crippen LogP) is 3.29. The Kier molecular flexibility index (Phi) is 3.93. The van der Waals surface area contributed by atoms with E-state index < -0.39 is 0 Å². The first kappa shape index (κ1) is 12.3. The first-order valence-corrected chi connectivity index (χ1v) is 6.70. The Balaban J connectivity index is 2.20. The van der Waals surface area contributed by atoms with Crippen LogP contribution >= 0.6 is 23.4 Å². The van der Waals surface area contributed by atoms with Gasteiger partial charge >= 0.3 is 0 Å². The zero-order valence-electron chi connectivity index (χ0n) is 9.43. The summed E-state index contributed by atoms with van der Waals surface area (Å²) >= 11 is 7.50. The van der Waals surface area contributed by atoms with Crippen molar-refractivity contribution in [2.45, 2.75) is 13.0 Å². The molecule has 0 amide bonds. The second-order valence-corrected chi connectivity index (χ2v) is 5.26. The van der Waals surface area contributed by atoms with Crippen LogP contribution < -0.4 is 0 Å². The largest absolute Gasteiger partial charge is 0.343 e. The van der Waals surface area contributed by atoms with E-state index in [1.165, 1.54) is 5.56 Å². The van der Waals surface area contributed by atoms with Crippen LogP contribution in [0.25, 0.3) is 0 Å². The zero-order valence-corrected chi connectivity index (χ0v) is 11.0. The number of nitriles is 1. The number of thioether (sulfide) groups is 1. The molecule has 0 aromatic heterocycles. The lowest BCUT2D eigenvalue weighted by Gasteiger charge is -2.25. The highest BCUT2D eigenvalue weighted by Crippen LogP contribution is 2.29. The lowest BCUT2D eigenvalue weighted by Crippen LogP contribution is -2.27. The number of amidine groups is 1. The van der Waals surface area contributed by atoms with Crippen LogP contribution in [0.1, 0.15) is 18.5 Å². The fourth-order valence-corrected chi connectivity index (χ4v) is 2.95. The molecule has 88 valence electrons. The van der Waals surface area contributed by atoms with Crippen LogP contribution in [0, 0.1) is 11.5 Å². The third-order valence-electron chi connectivity index (χ3n) is 2.77. The topological polar surface area (TPSA) is 39.4 Å². The van der Waals surface area contributed by atoms with Crippen LogP contribution in [-0.2, 0) is 0 Å². The van der Waals surface area contributed by atoms with E-state index in [2.05, 4.69) is 16.8 Å². The van der Waals surface area contributed by atoms with Gasteiger partial charge in [0.25, 0.3) is 0 Å². The van der Waals surface area contributed by atoms with Crippen molar-refractivity contribution in [2.24, 2.45) is 4.99 Å². The quantitative estimate of drug-likeness (QED) is 0.771. The van der Waals surface area contributed by atoms with E-state index >= 15 is 0 Å². The van der Waals surface area contributed by atoms with Gasteiger partial charge in [-0.05, 0) is 24.6 Å². The molecule has 0 unspecified atom stereocenters. The maximum atomic E-state index is 8.64. The van der Waals surface area contributed by atoms with Crippen molar-refractivity contribution in [1.82, 2.24) is 4.90 Å². The summed E-state index contributed by atoms with van der Waals surface area (Å²) in [6.45, 7) is 3.04. The van der Waals surface area contributed by atoms with Gasteiger partial charge in [0.05, 0.1) is 6.04 Å². The highest BCUT2D eigenvalue weighted by Gasteiger charge is 2.25. The standard InChI is InChI=1S/C12H12ClN3S/c1-9(10-2-4-11(13)5-3-10)16-6-7-17-12(16)15-8-14/h2-5,9H,6-7H2,1H3/t9-/m1/s1. The molecule has 0 radical (unpaired) electrons. The number of aliphatic imine (C=N–C) groups is 1. The van der Waals surface area contributed by atoms with Gasteiger partial charge in [-0.1, -0.05) is 35.5 Å². The lowest BCUT2D eigenvalue weighted by atomic mass is 10.1. The highest BCUT2D eigenvalue weighted by molar-refractivity contribution is 8.14. The number of halogens is 1. The molecular weight excluding hydrogens is 254 g/mol. The summed E-state index contributed by atoms with van der Waals surface area (Å²) < 4.78 is 0. The zero-order chi connectivity index (χ0) is 12.3. The molecule has 5 heteroatoms. The first-order chi connectivity index (χ1) is 8.22. The summed E-state index contributed by atoms with van der Waals surface area (Å²) in [5.41, 5.74) is 1.18. The Hall–Kier alpha value is -1.18. The van der Waals surface area contributed by atoms with Crippen LogP contribution in [-0.4, -0.2) is 22.4 Å². The van der Waals surface area contributed by atoms with E-state index in [4.69, 9.17) is 16.9 Å². The molecule has 1 heterocycles. The van der Waals surface area contributed by atoms with Gasteiger partial charge in [0.15, 0.2) is 5.17 Å². The SMILES string of the molecule is C[C@H](c1ccc(Cl)cc1)N1CCSC1=NC#N. The van der Waals surface area contributed by atoms with Gasteiger partial charge in [0, 0.05) is 17.3 Å². The second kappa shape index (κ2) is 5.44. The average Bonchev–Trinajstić information content (AvgIpc) is 2.78. The molecule has 0 saturated carbocycles. The minimum atomic E-state index is 0.217. The molecule has 3 nitrogen and oxygen atoms in total. The minimum absolute atomic E-state index is 0.217. The Morgan fingerprint density at radius 1 is 1.47 bits per heavy atom. The Bertz CT molecular complexity index is 464.